The minimum absolute atomic E-state index is 0.0524. The highest BCUT2D eigenvalue weighted by Crippen LogP contribution is 2.34. The molecule has 2 aromatic rings. The molecule has 6 nitrogen and oxygen atoms in total. The third-order valence-corrected chi connectivity index (χ3v) is 3.96. The second-order valence-corrected chi connectivity index (χ2v) is 6.34. The number of nitrogens with one attached hydrogen (secondary N) is 2. The molecule has 1 atom stereocenters. The number of carbonyl (C=O) groups excluding carboxylic acids is 2. The fourth-order valence-electron chi connectivity index (χ4n) is 2.37. The zero-order valence-electron chi connectivity index (χ0n) is 15.4. The van der Waals surface area contributed by atoms with E-state index in [9.17, 15) is 35.9 Å². The summed E-state index contributed by atoms with van der Waals surface area (Å²) in [5, 5.41) is 3.39. The average Bonchev–Trinajstić information content (AvgIpc) is 2.66. The predicted molar refractivity (Wildman–Crippen MR) is 96.5 cm³/mol. The zero-order chi connectivity index (χ0) is 23.4. The van der Waals surface area contributed by atoms with Gasteiger partial charge < -0.3 is 20.1 Å². The number of carbonyl (C=O) groups is 2. The number of benzene rings is 2. The van der Waals surface area contributed by atoms with Crippen molar-refractivity contribution in [3.8, 4) is 5.75 Å². The SMILES string of the molecule is COC(=O)[C@@](NC(=O)c1cccc(Cl)c1)(Nc1ccc(OC(F)(F)F)cc1)C(F)(F)F. The number of hydrogen-bond acceptors (Lipinski definition) is 5. The maximum Gasteiger partial charge on any atom is 0.573 e. The highest BCUT2D eigenvalue weighted by Gasteiger charge is 2.63. The monoisotopic (exact) mass is 470 g/mol. The number of methoxy groups -OCH3 is 1. The van der Waals surface area contributed by atoms with Crippen LogP contribution in [-0.2, 0) is 9.53 Å². The van der Waals surface area contributed by atoms with Crippen molar-refractivity contribution in [2.75, 3.05) is 12.4 Å². The van der Waals surface area contributed by atoms with Gasteiger partial charge in [0.15, 0.2) is 0 Å². The lowest BCUT2D eigenvalue weighted by atomic mass is 10.1. The first-order valence-electron chi connectivity index (χ1n) is 8.14. The highest BCUT2D eigenvalue weighted by molar-refractivity contribution is 6.31. The van der Waals surface area contributed by atoms with Crippen LogP contribution in [0.1, 0.15) is 10.4 Å². The Kier molecular flexibility index (Phi) is 6.94. The van der Waals surface area contributed by atoms with Gasteiger partial charge in [-0.25, -0.2) is 4.79 Å². The smallest absolute Gasteiger partial charge is 0.466 e. The number of ether oxygens (including phenoxy) is 2. The van der Waals surface area contributed by atoms with Crippen LogP contribution in [0, 0.1) is 0 Å². The zero-order valence-corrected chi connectivity index (χ0v) is 16.2. The Hall–Kier alpha value is -3.15. The highest BCUT2D eigenvalue weighted by atomic mass is 35.5. The van der Waals surface area contributed by atoms with E-state index in [1.165, 1.54) is 12.1 Å². The maximum atomic E-state index is 14.0. The first-order chi connectivity index (χ1) is 14.3. The number of hydrogen-bond donors (Lipinski definition) is 2. The summed E-state index contributed by atoms with van der Waals surface area (Å²) in [6, 6.07) is 7.91. The van der Waals surface area contributed by atoms with Crippen LogP contribution in [0.25, 0.3) is 0 Å². The van der Waals surface area contributed by atoms with Crippen LogP contribution >= 0.6 is 11.6 Å². The van der Waals surface area contributed by atoms with E-state index < -0.39 is 41.5 Å². The Bertz CT molecular complexity index is 949. The van der Waals surface area contributed by atoms with E-state index in [0.29, 0.717) is 19.2 Å². The summed E-state index contributed by atoms with van der Waals surface area (Å²) in [5.41, 5.74) is -4.53. The van der Waals surface area contributed by atoms with E-state index in [4.69, 9.17) is 11.6 Å². The predicted octanol–water partition coefficient (Wildman–Crippen LogP) is 4.51. The summed E-state index contributed by atoms with van der Waals surface area (Å²) < 4.78 is 86.5. The molecule has 0 spiro atoms. The molecule has 0 heterocycles. The largest absolute Gasteiger partial charge is 0.573 e. The Morgan fingerprint density at radius 3 is 2.06 bits per heavy atom. The summed E-state index contributed by atoms with van der Waals surface area (Å²) >= 11 is 5.73. The lowest BCUT2D eigenvalue weighted by molar-refractivity contribution is -0.274. The quantitative estimate of drug-likeness (QED) is 0.369. The van der Waals surface area contributed by atoms with Gasteiger partial charge in [0, 0.05) is 16.3 Å². The summed E-state index contributed by atoms with van der Waals surface area (Å²) in [6.07, 6.45) is -10.4. The molecule has 0 saturated heterocycles. The molecule has 168 valence electrons. The number of amides is 1. The van der Waals surface area contributed by atoms with Gasteiger partial charge in [-0.1, -0.05) is 17.7 Å². The van der Waals surface area contributed by atoms with Crippen molar-refractivity contribution in [2.45, 2.75) is 18.2 Å². The Morgan fingerprint density at radius 2 is 1.58 bits per heavy atom. The molecule has 1 amide bonds. The third-order valence-electron chi connectivity index (χ3n) is 3.72. The molecule has 0 radical (unpaired) electrons. The average molecular weight is 471 g/mol. The topological polar surface area (TPSA) is 76.7 Å². The van der Waals surface area contributed by atoms with Gasteiger partial charge in [-0.3, -0.25) is 4.79 Å². The molecule has 0 aliphatic carbocycles. The van der Waals surface area contributed by atoms with Crippen molar-refractivity contribution >= 4 is 29.2 Å². The van der Waals surface area contributed by atoms with Crippen LogP contribution in [0.5, 0.6) is 5.75 Å². The second kappa shape index (κ2) is 8.92. The maximum absolute atomic E-state index is 14.0. The Balaban J connectivity index is 2.42. The molecule has 0 unspecified atom stereocenters. The van der Waals surface area contributed by atoms with Gasteiger partial charge in [0.25, 0.3) is 5.91 Å². The fraction of sp³-hybridized carbons (Fsp3) is 0.222. The molecule has 0 aliphatic heterocycles. The molecule has 0 saturated carbocycles. The molecule has 2 rings (SSSR count). The molecule has 0 aromatic heterocycles. The summed E-state index contributed by atoms with van der Waals surface area (Å²) in [6.45, 7) is 0. The third kappa shape index (κ3) is 5.94. The molecular formula is C18H13ClF6N2O4. The van der Waals surface area contributed by atoms with Crippen molar-refractivity contribution in [3.05, 3.63) is 59.1 Å². The summed E-state index contributed by atoms with van der Waals surface area (Å²) in [4.78, 5) is 24.6. The van der Waals surface area contributed by atoms with E-state index in [1.807, 2.05) is 0 Å². The Morgan fingerprint density at radius 1 is 0.968 bits per heavy atom. The van der Waals surface area contributed by atoms with Crippen LogP contribution in [0.2, 0.25) is 5.02 Å². The van der Waals surface area contributed by atoms with Gasteiger partial charge in [0.05, 0.1) is 7.11 Å². The van der Waals surface area contributed by atoms with Crippen molar-refractivity contribution in [3.63, 3.8) is 0 Å². The Labute approximate surface area is 176 Å². The van der Waals surface area contributed by atoms with Crippen molar-refractivity contribution in [1.29, 1.82) is 0 Å². The van der Waals surface area contributed by atoms with Gasteiger partial charge in [-0.15, -0.1) is 13.2 Å². The van der Waals surface area contributed by atoms with Crippen molar-refractivity contribution < 1.29 is 45.4 Å². The van der Waals surface area contributed by atoms with Gasteiger partial charge in [-0.2, -0.15) is 13.2 Å². The minimum atomic E-state index is -5.44. The van der Waals surface area contributed by atoms with Crippen LogP contribution < -0.4 is 15.4 Å². The standard InChI is InChI=1S/C18H13ClF6N2O4/c1-30-15(29)16(17(20,21)22,27-14(28)10-3-2-4-11(19)9-10)26-12-5-7-13(8-6-12)31-18(23,24)25/h2-9,26H,1H3,(H,27,28)/t16-/m0/s1. The van der Waals surface area contributed by atoms with Crippen LogP contribution in [0.15, 0.2) is 48.5 Å². The first kappa shape index (κ1) is 24.1. The van der Waals surface area contributed by atoms with Crippen LogP contribution in [0.3, 0.4) is 0 Å². The summed E-state index contributed by atoms with van der Waals surface area (Å²) in [7, 11) is 0.663. The molecule has 0 fully saturated rings. The minimum Gasteiger partial charge on any atom is -0.466 e. The van der Waals surface area contributed by atoms with Gasteiger partial charge in [0.1, 0.15) is 5.75 Å². The number of anilines is 1. The molecule has 0 aliphatic rings. The van der Waals surface area contributed by atoms with E-state index in [0.717, 1.165) is 24.3 Å². The lowest BCUT2D eigenvalue weighted by Gasteiger charge is -2.35. The van der Waals surface area contributed by atoms with Gasteiger partial charge in [0.2, 0.25) is 0 Å². The number of esters is 1. The van der Waals surface area contributed by atoms with Gasteiger partial charge >= 0.3 is 24.2 Å². The summed E-state index contributed by atoms with van der Waals surface area (Å²) in [5.74, 6) is -3.96. The molecule has 2 N–H and O–H groups in total. The second-order valence-electron chi connectivity index (χ2n) is 5.90. The van der Waals surface area contributed by atoms with Crippen molar-refractivity contribution in [2.24, 2.45) is 0 Å². The number of halogens is 7. The normalized spacial score (nSPS) is 13.7. The fourth-order valence-corrected chi connectivity index (χ4v) is 2.56. The first-order valence-corrected chi connectivity index (χ1v) is 8.52. The van der Waals surface area contributed by atoms with E-state index in [2.05, 4.69) is 9.47 Å². The molecule has 2 aromatic carbocycles. The van der Waals surface area contributed by atoms with Crippen LogP contribution in [0.4, 0.5) is 32.0 Å². The van der Waals surface area contributed by atoms with E-state index in [-0.39, 0.29) is 10.6 Å². The molecule has 0 bridgehead atoms. The molecule has 13 heteroatoms. The van der Waals surface area contributed by atoms with E-state index in [1.54, 1.807) is 10.6 Å². The molecule has 31 heavy (non-hydrogen) atoms. The lowest BCUT2D eigenvalue weighted by Crippen LogP contribution is -2.69. The van der Waals surface area contributed by atoms with Gasteiger partial charge in [-0.05, 0) is 42.5 Å². The van der Waals surface area contributed by atoms with Crippen LogP contribution in [-0.4, -0.2) is 37.2 Å². The van der Waals surface area contributed by atoms with Crippen molar-refractivity contribution in [1.82, 2.24) is 5.32 Å². The van der Waals surface area contributed by atoms with E-state index >= 15 is 0 Å². The molecular weight excluding hydrogens is 458 g/mol. The number of alkyl halides is 6. The number of rotatable bonds is 6.